The number of hydrogen-bond donors (Lipinski definition) is 2. The summed E-state index contributed by atoms with van der Waals surface area (Å²) in [5.74, 6) is 0.198. The van der Waals surface area contributed by atoms with Gasteiger partial charge in [-0.2, -0.15) is 0 Å². The molecule has 166 valence electrons. The molecule has 0 bridgehead atoms. The van der Waals surface area contributed by atoms with Crippen LogP contribution in [0.4, 0.5) is 8.78 Å². The van der Waals surface area contributed by atoms with Crippen LogP contribution in [-0.2, 0) is 22.1 Å². The van der Waals surface area contributed by atoms with E-state index in [1.54, 1.807) is 19.2 Å². The van der Waals surface area contributed by atoms with Crippen molar-refractivity contribution in [2.24, 2.45) is 4.99 Å². The van der Waals surface area contributed by atoms with Gasteiger partial charge in [-0.1, -0.05) is 6.07 Å². The van der Waals surface area contributed by atoms with Gasteiger partial charge in [0.25, 0.3) is 0 Å². The molecule has 0 fully saturated rings. The lowest BCUT2D eigenvalue weighted by Crippen LogP contribution is -2.37. The number of ether oxygens (including phenoxy) is 1. The van der Waals surface area contributed by atoms with Crippen LogP contribution in [0.15, 0.2) is 47.5 Å². The largest absolute Gasteiger partial charge is 0.494 e. The number of aliphatic imine (C=N–C) groups is 1. The molecule has 0 heterocycles. The highest BCUT2D eigenvalue weighted by molar-refractivity contribution is 14.0. The summed E-state index contributed by atoms with van der Waals surface area (Å²) in [6.07, 6.45) is 1.82. The predicted molar refractivity (Wildman–Crippen MR) is 125 cm³/mol. The van der Waals surface area contributed by atoms with E-state index in [0.717, 1.165) is 6.26 Å². The number of guanidine groups is 1. The maximum atomic E-state index is 13.6. The Morgan fingerprint density at radius 3 is 2.33 bits per heavy atom. The van der Waals surface area contributed by atoms with E-state index in [-0.39, 0.29) is 42.1 Å². The van der Waals surface area contributed by atoms with E-state index < -0.39 is 15.7 Å². The Bertz CT molecular complexity index is 939. The minimum atomic E-state index is -3.23. The van der Waals surface area contributed by atoms with Crippen molar-refractivity contribution in [2.75, 3.05) is 26.5 Å². The molecule has 6 nitrogen and oxygen atoms in total. The van der Waals surface area contributed by atoms with E-state index in [4.69, 9.17) is 4.74 Å². The third kappa shape index (κ3) is 9.70. The minimum absolute atomic E-state index is 0. The fraction of sp³-hybridized carbons (Fsp3) is 0.350. The van der Waals surface area contributed by atoms with Crippen molar-refractivity contribution in [3.63, 3.8) is 0 Å². The molecule has 0 saturated heterocycles. The lowest BCUT2D eigenvalue weighted by molar-refractivity contribution is 0.310. The Balaban J connectivity index is 0.00000450. The van der Waals surface area contributed by atoms with E-state index in [9.17, 15) is 17.2 Å². The van der Waals surface area contributed by atoms with Gasteiger partial charge in [0.15, 0.2) is 15.8 Å². The highest BCUT2D eigenvalue weighted by Crippen LogP contribution is 2.14. The van der Waals surface area contributed by atoms with Gasteiger partial charge < -0.3 is 15.4 Å². The summed E-state index contributed by atoms with van der Waals surface area (Å²) in [5, 5.41) is 6.15. The zero-order valence-corrected chi connectivity index (χ0v) is 20.0. The fourth-order valence-electron chi connectivity index (χ4n) is 2.58. The molecule has 0 radical (unpaired) electrons. The normalized spacial score (nSPS) is 11.5. The van der Waals surface area contributed by atoms with Crippen molar-refractivity contribution in [3.05, 3.63) is 65.2 Å². The van der Waals surface area contributed by atoms with Crippen molar-refractivity contribution in [1.82, 2.24) is 10.6 Å². The molecule has 0 aliphatic carbocycles. The van der Waals surface area contributed by atoms with Crippen molar-refractivity contribution in [1.29, 1.82) is 0 Å². The molecule has 0 unspecified atom stereocenters. The summed E-state index contributed by atoms with van der Waals surface area (Å²) >= 11 is 0. The van der Waals surface area contributed by atoms with Crippen molar-refractivity contribution < 1.29 is 21.9 Å². The molecule has 0 saturated carbocycles. The maximum absolute atomic E-state index is 13.6. The van der Waals surface area contributed by atoms with Crippen LogP contribution in [-0.4, -0.2) is 40.8 Å². The number of rotatable bonds is 9. The van der Waals surface area contributed by atoms with Crippen LogP contribution < -0.4 is 15.4 Å². The molecule has 2 rings (SSSR count). The van der Waals surface area contributed by atoms with E-state index in [0.29, 0.717) is 42.4 Å². The van der Waals surface area contributed by atoms with Crippen LogP contribution in [0.1, 0.15) is 17.5 Å². The van der Waals surface area contributed by atoms with Gasteiger partial charge in [-0.25, -0.2) is 17.2 Å². The standard InChI is InChI=1S/C20H25F2N3O3S.HI/c1-23-20(24-10-3-11-28-19-8-6-17(21)7-9-19)25-13-16-12-18(22)5-4-15(16)14-29(2,26)27;/h4-9,12H,3,10-11,13-14H2,1-2H3,(H2,23,24,25);1H. The van der Waals surface area contributed by atoms with Gasteiger partial charge in [0.1, 0.15) is 17.4 Å². The molecule has 0 amide bonds. The Morgan fingerprint density at radius 2 is 1.70 bits per heavy atom. The van der Waals surface area contributed by atoms with Crippen molar-refractivity contribution >= 4 is 39.8 Å². The first kappa shape index (κ1) is 26.1. The van der Waals surface area contributed by atoms with Gasteiger partial charge in [0, 0.05) is 26.4 Å². The van der Waals surface area contributed by atoms with Crippen LogP contribution in [0, 0.1) is 11.6 Å². The van der Waals surface area contributed by atoms with Gasteiger partial charge in [-0.3, -0.25) is 4.99 Å². The molecule has 0 aliphatic heterocycles. The molecule has 0 aromatic heterocycles. The smallest absolute Gasteiger partial charge is 0.191 e. The summed E-state index contributed by atoms with van der Waals surface area (Å²) in [7, 11) is -1.63. The molecular formula is C20H26F2IN3O3S. The number of nitrogens with zero attached hydrogens (tertiary/aromatic N) is 1. The lowest BCUT2D eigenvalue weighted by atomic mass is 10.1. The lowest BCUT2D eigenvalue weighted by Gasteiger charge is -2.14. The van der Waals surface area contributed by atoms with Crippen LogP contribution in [0.3, 0.4) is 0 Å². The monoisotopic (exact) mass is 553 g/mol. The average molecular weight is 553 g/mol. The minimum Gasteiger partial charge on any atom is -0.494 e. The molecule has 0 aliphatic rings. The second-order valence-electron chi connectivity index (χ2n) is 6.49. The van der Waals surface area contributed by atoms with Crippen molar-refractivity contribution in [3.8, 4) is 5.75 Å². The number of sulfone groups is 1. The second-order valence-corrected chi connectivity index (χ2v) is 8.63. The van der Waals surface area contributed by atoms with Gasteiger partial charge >= 0.3 is 0 Å². The first-order valence-corrected chi connectivity index (χ1v) is 11.1. The molecule has 30 heavy (non-hydrogen) atoms. The number of benzene rings is 2. The molecule has 0 atom stereocenters. The SMILES string of the molecule is CN=C(NCCCOc1ccc(F)cc1)NCc1cc(F)ccc1CS(C)(=O)=O.I. The third-order valence-electron chi connectivity index (χ3n) is 3.95. The number of nitrogens with one attached hydrogen (secondary N) is 2. The first-order chi connectivity index (χ1) is 13.8. The number of halogens is 3. The highest BCUT2D eigenvalue weighted by Gasteiger charge is 2.11. The molecule has 2 aromatic rings. The number of hydrogen-bond acceptors (Lipinski definition) is 4. The first-order valence-electron chi connectivity index (χ1n) is 9.05. The molecule has 0 spiro atoms. The summed E-state index contributed by atoms with van der Waals surface area (Å²) in [6, 6.07) is 9.85. The summed E-state index contributed by atoms with van der Waals surface area (Å²) in [5.41, 5.74) is 1.10. The summed E-state index contributed by atoms with van der Waals surface area (Å²) < 4.78 is 55.1. The molecular weight excluding hydrogens is 527 g/mol. The fourth-order valence-corrected chi connectivity index (χ4v) is 3.43. The van der Waals surface area contributed by atoms with E-state index in [2.05, 4.69) is 15.6 Å². The summed E-state index contributed by atoms with van der Waals surface area (Å²) in [4.78, 5) is 4.10. The molecule has 10 heteroatoms. The topological polar surface area (TPSA) is 79.8 Å². The van der Waals surface area contributed by atoms with Crippen molar-refractivity contribution in [2.45, 2.75) is 18.7 Å². The Labute approximate surface area is 193 Å². The Hall–Kier alpha value is -1.95. The van der Waals surface area contributed by atoms with E-state index >= 15 is 0 Å². The molecule has 2 N–H and O–H groups in total. The quantitative estimate of drug-likeness (QED) is 0.216. The van der Waals surface area contributed by atoms with Gasteiger partial charge in [-0.15, -0.1) is 24.0 Å². The van der Waals surface area contributed by atoms with Crippen LogP contribution in [0.2, 0.25) is 0 Å². The Kier molecular flexibility index (Phi) is 11.0. The van der Waals surface area contributed by atoms with Gasteiger partial charge in [0.2, 0.25) is 0 Å². The van der Waals surface area contributed by atoms with E-state index in [1.807, 2.05) is 0 Å². The van der Waals surface area contributed by atoms with Gasteiger partial charge in [-0.05, 0) is 53.9 Å². The van der Waals surface area contributed by atoms with Crippen LogP contribution in [0.25, 0.3) is 0 Å². The zero-order chi connectivity index (χ0) is 21.3. The van der Waals surface area contributed by atoms with Crippen LogP contribution in [0.5, 0.6) is 5.75 Å². The third-order valence-corrected chi connectivity index (χ3v) is 4.79. The van der Waals surface area contributed by atoms with Crippen LogP contribution >= 0.6 is 24.0 Å². The molecule has 2 aromatic carbocycles. The maximum Gasteiger partial charge on any atom is 0.191 e. The summed E-state index contributed by atoms with van der Waals surface area (Å²) in [6.45, 7) is 1.24. The zero-order valence-electron chi connectivity index (χ0n) is 16.8. The van der Waals surface area contributed by atoms with E-state index in [1.165, 1.54) is 30.3 Å². The average Bonchev–Trinajstić information content (AvgIpc) is 2.66. The predicted octanol–water partition coefficient (Wildman–Crippen LogP) is 3.26. The van der Waals surface area contributed by atoms with Gasteiger partial charge in [0.05, 0.1) is 12.4 Å². The second kappa shape index (κ2) is 12.7. The Morgan fingerprint density at radius 1 is 1.03 bits per heavy atom. The highest BCUT2D eigenvalue weighted by atomic mass is 127.